The zero-order valence-electron chi connectivity index (χ0n) is 16.6. The number of hydrogen-bond acceptors (Lipinski definition) is 5. The van der Waals surface area contributed by atoms with E-state index in [4.69, 9.17) is 13.9 Å². The minimum absolute atomic E-state index is 0.000509. The van der Waals surface area contributed by atoms with E-state index in [1.165, 1.54) is 23.7 Å². The van der Waals surface area contributed by atoms with Gasteiger partial charge in [0.05, 0.1) is 0 Å². The van der Waals surface area contributed by atoms with Crippen LogP contribution in [0.4, 0.5) is 0 Å². The Hall–Kier alpha value is -1.46. The van der Waals surface area contributed by atoms with Gasteiger partial charge < -0.3 is 0 Å². The zero-order chi connectivity index (χ0) is 20.7. The number of carbonyl (C=O) groups excluding carboxylic acids is 1. The molecule has 156 valence electrons. The van der Waals surface area contributed by atoms with Crippen molar-refractivity contribution in [2.45, 2.75) is 30.3 Å². The predicted octanol–water partition coefficient (Wildman–Crippen LogP) is 3.41. The molecule has 0 aromatic heterocycles. The van der Waals surface area contributed by atoms with Crippen LogP contribution in [-0.4, -0.2) is 52.4 Å². The van der Waals surface area contributed by atoms with Crippen LogP contribution in [0.3, 0.4) is 0 Å². The second kappa shape index (κ2) is 10.5. The summed E-state index contributed by atoms with van der Waals surface area (Å²) in [6.45, 7) is 0.320. The van der Waals surface area contributed by atoms with Gasteiger partial charge in [-0.05, 0) is 0 Å². The topological polar surface area (TPSA) is 65.1 Å². The van der Waals surface area contributed by atoms with Gasteiger partial charge in [-0.25, -0.2) is 0 Å². The van der Waals surface area contributed by atoms with E-state index in [2.05, 4.69) is 12.1 Å². The van der Waals surface area contributed by atoms with Crippen LogP contribution in [0.2, 0.25) is 4.82 Å². The van der Waals surface area contributed by atoms with E-state index >= 15 is 0 Å². The Labute approximate surface area is 178 Å². The van der Waals surface area contributed by atoms with Gasteiger partial charge in [-0.15, -0.1) is 0 Å². The summed E-state index contributed by atoms with van der Waals surface area (Å²) in [6, 6.07) is 19.7. The van der Waals surface area contributed by atoms with Crippen molar-refractivity contribution in [3.05, 3.63) is 66.2 Å². The molecule has 1 aliphatic heterocycles. The molecule has 0 aliphatic carbocycles. The SMILES string of the molecule is COP(=O)(CCC1CC([Se]c2ccccc2)C(=O)N1OCc1ccccc1)OC. The van der Waals surface area contributed by atoms with Gasteiger partial charge in [0, 0.05) is 0 Å². The van der Waals surface area contributed by atoms with Crippen LogP contribution in [0.15, 0.2) is 60.7 Å². The third kappa shape index (κ3) is 6.02. The molecule has 3 rings (SSSR count). The summed E-state index contributed by atoms with van der Waals surface area (Å²) in [5, 5.41) is 1.50. The van der Waals surface area contributed by atoms with Crippen LogP contribution >= 0.6 is 7.60 Å². The summed E-state index contributed by atoms with van der Waals surface area (Å²) in [7, 11) is -0.364. The van der Waals surface area contributed by atoms with Crippen molar-refractivity contribution >= 4 is 32.9 Å². The molecular weight excluding hydrogens is 456 g/mol. The molecule has 1 saturated heterocycles. The molecule has 2 aromatic rings. The Kier molecular flexibility index (Phi) is 8.07. The quantitative estimate of drug-likeness (QED) is 0.384. The first kappa shape index (κ1) is 22.2. The van der Waals surface area contributed by atoms with Crippen molar-refractivity contribution in [1.82, 2.24) is 5.06 Å². The summed E-state index contributed by atoms with van der Waals surface area (Å²) < 4.78 is 23.8. The second-order valence-electron chi connectivity index (χ2n) is 6.72. The molecule has 0 N–H and O–H groups in total. The molecule has 0 bridgehead atoms. The zero-order valence-corrected chi connectivity index (χ0v) is 19.2. The summed E-state index contributed by atoms with van der Waals surface area (Å²) >= 11 is 0.00760. The average Bonchev–Trinajstić information content (AvgIpc) is 3.06. The van der Waals surface area contributed by atoms with Gasteiger partial charge in [0.2, 0.25) is 0 Å². The Morgan fingerprint density at radius 2 is 1.66 bits per heavy atom. The molecule has 0 spiro atoms. The van der Waals surface area contributed by atoms with Crippen LogP contribution < -0.4 is 4.46 Å². The van der Waals surface area contributed by atoms with Crippen molar-refractivity contribution in [2.24, 2.45) is 0 Å². The fourth-order valence-corrected chi connectivity index (χ4v) is 6.79. The number of benzene rings is 2. The standard InChI is InChI=1S/C21H26NO5PSe/c1-25-28(24,26-2)14-13-18-15-20(29-19-11-7-4-8-12-19)21(23)22(18)27-16-17-9-5-3-6-10-17/h3-12,18,20H,13-16H2,1-2H3. The van der Waals surface area contributed by atoms with Crippen molar-refractivity contribution < 1.29 is 23.2 Å². The molecule has 1 amide bonds. The van der Waals surface area contributed by atoms with E-state index in [9.17, 15) is 9.36 Å². The van der Waals surface area contributed by atoms with Crippen molar-refractivity contribution in [1.29, 1.82) is 0 Å². The molecule has 1 aliphatic rings. The first-order valence-corrected chi connectivity index (χ1v) is 13.0. The van der Waals surface area contributed by atoms with Crippen LogP contribution in [0, 0.1) is 0 Å². The van der Waals surface area contributed by atoms with E-state index in [1.54, 1.807) is 0 Å². The third-order valence-corrected chi connectivity index (χ3v) is 9.32. The summed E-state index contributed by atoms with van der Waals surface area (Å²) in [5.41, 5.74) is 0.996. The van der Waals surface area contributed by atoms with E-state index in [1.807, 2.05) is 48.5 Å². The summed E-state index contributed by atoms with van der Waals surface area (Å²) in [6.07, 6.45) is 1.42. The predicted molar refractivity (Wildman–Crippen MR) is 113 cm³/mol. The number of amides is 1. The van der Waals surface area contributed by atoms with Gasteiger partial charge in [-0.3, -0.25) is 0 Å². The van der Waals surface area contributed by atoms with Crippen molar-refractivity contribution in [3.8, 4) is 0 Å². The normalized spacial score (nSPS) is 19.7. The third-order valence-electron chi connectivity index (χ3n) is 4.84. The second-order valence-corrected chi connectivity index (χ2v) is 11.8. The molecule has 2 aromatic carbocycles. The first-order valence-electron chi connectivity index (χ1n) is 9.47. The molecule has 1 fully saturated rings. The Bertz CT molecular complexity index is 827. The van der Waals surface area contributed by atoms with E-state index in [-0.39, 0.29) is 37.9 Å². The number of hydrogen-bond donors (Lipinski definition) is 0. The van der Waals surface area contributed by atoms with Crippen LogP contribution in [0.1, 0.15) is 18.4 Å². The molecule has 8 heteroatoms. The number of hydroxylamine groups is 2. The van der Waals surface area contributed by atoms with E-state index < -0.39 is 7.60 Å². The number of nitrogens with zero attached hydrogens (tertiary/aromatic N) is 1. The minimum atomic E-state index is -3.13. The molecule has 2 unspecified atom stereocenters. The molecule has 0 radical (unpaired) electrons. The van der Waals surface area contributed by atoms with Crippen molar-refractivity contribution in [3.63, 3.8) is 0 Å². The molecular formula is C21H26NO5PSe. The first-order chi connectivity index (χ1) is 14.0. The monoisotopic (exact) mass is 483 g/mol. The fraction of sp³-hybridized carbons (Fsp3) is 0.381. The Balaban J connectivity index is 1.70. The van der Waals surface area contributed by atoms with Crippen LogP contribution in [0.25, 0.3) is 0 Å². The number of rotatable bonds is 10. The van der Waals surface area contributed by atoms with Gasteiger partial charge in [-0.1, -0.05) is 0 Å². The fourth-order valence-electron chi connectivity index (χ4n) is 3.21. The molecule has 6 nitrogen and oxygen atoms in total. The van der Waals surface area contributed by atoms with E-state index in [0.717, 1.165) is 5.56 Å². The van der Waals surface area contributed by atoms with Gasteiger partial charge in [0.15, 0.2) is 0 Å². The summed E-state index contributed by atoms with van der Waals surface area (Å²) in [5.74, 6) is -0.000509. The van der Waals surface area contributed by atoms with Crippen LogP contribution in [0.5, 0.6) is 0 Å². The van der Waals surface area contributed by atoms with Gasteiger partial charge in [0.25, 0.3) is 0 Å². The Morgan fingerprint density at radius 3 is 2.28 bits per heavy atom. The van der Waals surface area contributed by atoms with Gasteiger partial charge in [-0.2, -0.15) is 0 Å². The maximum absolute atomic E-state index is 13.1. The molecule has 2 atom stereocenters. The van der Waals surface area contributed by atoms with Gasteiger partial charge >= 0.3 is 178 Å². The molecule has 0 saturated carbocycles. The molecule has 1 heterocycles. The average molecular weight is 482 g/mol. The summed E-state index contributed by atoms with van der Waals surface area (Å²) in [4.78, 5) is 18.9. The van der Waals surface area contributed by atoms with Crippen LogP contribution in [-0.2, 0) is 29.9 Å². The van der Waals surface area contributed by atoms with Gasteiger partial charge in [0.1, 0.15) is 0 Å². The molecule has 29 heavy (non-hydrogen) atoms. The maximum atomic E-state index is 13.1. The van der Waals surface area contributed by atoms with E-state index in [0.29, 0.717) is 19.4 Å². The van der Waals surface area contributed by atoms with Crippen molar-refractivity contribution in [2.75, 3.05) is 20.4 Å². The Morgan fingerprint density at radius 1 is 1.03 bits per heavy atom. The number of carbonyl (C=O) groups is 1.